The highest BCUT2D eigenvalue weighted by Gasteiger charge is 2.56. The summed E-state index contributed by atoms with van der Waals surface area (Å²) in [5, 5.41) is 5.25. The molecule has 2 unspecified atom stereocenters. The summed E-state index contributed by atoms with van der Waals surface area (Å²) >= 11 is 0. The summed E-state index contributed by atoms with van der Waals surface area (Å²) < 4.78 is 4.75. The molecular formula is C30H34N3+. The zero-order valence-electron chi connectivity index (χ0n) is 20.7. The van der Waals surface area contributed by atoms with Crippen LogP contribution in [0.1, 0.15) is 57.5 Å². The summed E-state index contributed by atoms with van der Waals surface area (Å²) in [5.74, 6) is 2.20. The van der Waals surface area contributed by atoms with E-state index in [9.17, 15) is 0 Å². The fourth-order valence-electron chi connectivity index (χ4n) is 5.93. The van der Waals surface area contributed by atoms with E-state index < -0.39 is 0 Å². The van der Waals surface area contributed by atoms with Crippen LogP contribution in [-0.4, -0.2) is 9.78 Å². The lowest BCUT2D eigenvalue weighted by atomic mass is 9.61. The number of fused-ring (bicyclic) bond motifs is 3. The molecule has 3 nitrogen and oxygen atoms in total. The lowest BCUT2D eigenvalue weighted by molar-refractivity contribution is -0.592. The topological polar surface area (TPSA) is 21.7 Å². The fourth-order valence-corrected chi connectivity index (χ4v) is 5.93. The van der Waals surface area contributed by atoms with Gasteiger partial charge < -0.3 is 0 Å². The highest BCUT2D eigenvalue weighted by atomic mass is 15.4. The van der Waals surface area contributed by atoms with Gasteiger partial charge in [0.1, 0.15) is 11.2 Å². The van der Waals surface area contributed by atoms with Gasteiger partial charge in [-0.1, -0.05) is 87.5 Å². The second kappa shape index (κ2) is 7.69. The lowest BCUT2D eigenvalue weighted by Gasteiger charge is -2.46. The van der Waals surface area contributed by atoms with Crippen LogP contribution in [0, 0.1) is 13.8 Å². The average molecular weight is 437 g/mol. The van der Waals surface area contributed by atoms with E-state index in [-0.39, 0.29) is 11.0 Å². The molecule has 2 heterocycles. The molecule has 0 amide bonds. The summed E-state index contributed by atoms with van der Waals surface area (Å²) in [7, 11) is 0. The number of hydrogen-bond acceptors (Lipinski definition) is 1. The Labute approximate surface area is 197 Å². The van der Waals surface area contributed by atoms with Crippen LogP contribution >= 0.6 is 0 Å². The molecule has 0 fully saturated rings. The van der Waals surface area contributed by atoms with Gasteiger partial charge in [-0.15, -0.1) is 4.68 Å². The van der Waals surface area contributed by atoms with E-state index in [4.69, 9.17) is 5.10 Å². The maximum absolute atomic E-state index is 5.25. The molecule has 0 bridgehead atoms. The summed E-state index contributed by atoms with van der Waals surface area (Å²) in [6, 6.07) is 26.3. The van der Waals surface area contributed by atoms with Gasteiger partial charge in [0, 0.05) is 23.0 Å². The molecule has 33 heavy (non-hydrogen) atoms. The predicted octanol–water partition coefficient (Wildman–Crippen LogP) is 6.92. The molecule has 0 radical (unpaired) electrons. The van der Waals surface area contributed by atoms with Crippen LogP contribution in [0.4, 0.5) is 0 Å². The van der Waals surface area contributed by atoms with Crippen LogP contribution in [-0.2, 0) is 11.0 Å². The van der Waals surface area contributed by atoms with E-state index in [0.29, 0.717) is 0 Å². The van der Waals surface area contributed by atoms with Crippen molar-refractivity contribution in [3.63, 3.8) is 0 Å². The maximum Gasteiger partial charge on any atom is 0.279 e. The monoisotopic (exact) mass is 436 g/mol. The highest BCUT2D eigenvalue weighted by Crippen LogP contribution is 2.52. The van der Waals surface area contributed by atoms with Gasteiger partial charge in [-0.25, -0.2) is 0 Å². The van der Waals surface area contributed by atoms with Crippen LogP contribution in [0.25, 0.3) is 28.2 Å². The standard InChI is InChI=1S/C30H34N3/c1-7-29(5)26-20-13-12-18-25(26)28-32(22(4)31-33(28)30(29,6)8-2)27-21(3)15-14-19-24(27)23-16-10-9-11-17-23/h9-20H,7-8H2,1-6H3/q+1. The number of nitrogens with zero attached hydrogens (tertiary/aromatic N) is 3. The maximum atomic E-state index is 5.25. The molecule has 168 valence electrons. The first-order valence-electron chi connectivity index (χ1n) is 12.1. The van der Waals surface area contributed by atoms with Crippen LogP contribution in [0.2, 0.25) is 0 Å². The molecule has 3 aromatic carbocycles. The van der Waals surface area contributed by atoms with Gasteiger partial charge in [-0.3, -0.25) is 0 Å². The minimum atomic E-state index is -0.128. The molecule has 4 aromatic rings. The third-order valence-electron chi connectivity index (χ3n) is 8.34. The van der Waals surface area contributed by atoms with Crippen molar-refractivity contribution in [2.75, 3.05) is 0 Å². The summed E-state index contributed by atoms with van der Waals surface area (Å²) in [6.45, 7) is 13.8. The smallest absolute Gasteiger partial charge is 0.193 e. The second-order valence-corrected chi connectivity index (χ2v) is 9.81. The summed E-state index contributed by atoms with van der Waals surface area (Å²) in [5.41, 5.74) is 7.51. The van der Waals surface area contributed by atoms with Gasteiger partial charge in [0.05, 0.1) is 5.56 Å². The predicted molar refractivity (Wildman–Crippen MR) is 136 cm³/mol. The normalized spacial score (nSPS) is 21.5. The van der Waals surface area contributed by atoms with Gasteiger partial charge in [0.2, 0.25) is 0 Å². The Morgan fingerprint density at radius 2 is 1.45 bits per heavy atom. The first-order chi connectivity index (χ1) is 15.9. The number of rotatable bonds is 4. The van der Waals surface area contributed by atoms with Crippen molar-refractivity contribution in [2.45, 2.75) is 65.3 Å². The largest absolute Gasteiger partial charge is 0.279 e. The van der Waals surface area contributed by atoms with Crippen LogP contribution < -0.4 is 4.57 Å². The Morgan fingerprint density at radius 3 is 2.15 bits per heavy atom. The lowest BCUT2D eigenvalue weighted by Crippen LogP contribution is -2.53. The molecular weight excluding hydrogens is 402 g/mol. The molecule has 1 aliphatic rings. The van der Waals surface area contributed by atoms with Crippen molar-refractivity contribution in [2.24, 2.45) is 0 Å². The van der Waals surface area contributed by atoms with Gasteiger partial charge >= 0.3 is 0 Å². The van der Waals surface area contributed by atoms with E-state index in [0.717, 1.165) is 18.7 Å². The first-order valence-corrected chi connectivity index (χ1v) is 12.1. The molecule has 2 atom stereocenters. The van der Waals surface area contributed by atoms with E-state index >= 15 is 0 Å². The zero-order chi connectivity index (χ0) is 23.4. The number of hydrogen-bond donors (Lipinski definition) is 0. The molecule has 0 saturated carbocycles. The van der Waals surface area contributed by atoms with Gasteiger partial charge in [-0.05, 0) is 49.4 Å². The van der Waals surface area contributed by atoms with E-state index in [1.807, 2.05) is 0 Å². The molecule has 1 aromatic heterocycles. The first kappa shape index (κ1) is 21.6. The molecule has 1 aliphatic heterocycles. The number of para-hydroxylation sites is 1. The molecule has 0 aliphatic carbocycles. The molecule has 0 saturated heterocycles. The van der Waals surface area contributed by atoms with Gasteiger partial charge in [0.15, 0.2) is 0 Å². The van der Waals surface area contributed by atoms with Crippen LogP contribution in [0.15, 0.2) is 72.8 Å². The SMILES string of the molecule is CCC1(C)c2ccccc2-c2n(nc(C)[n+]2-c2c(C)cccc2-c2ccccc2)C1(C)CC. The Kier molecular flexibility index (Phi) is 5.04. The highest BCUT2D eigenvalue weighted by molar-refractivity contribution is 5.73. The van der Waals surface area contributed by atoms with Crippen LogP contribution in [0.5, 0.6) is 0 Å². The fraction of sp³-hybridized carbons (Fsp3) is 0.333. The third-order valence-corrected chi connectivity index (χ3v) is 8.34. The van der Waals surface area contributed by atoms with E-state index in [1.54, 1.807) is 0 Å². The minimum absolute atomic E-state index is 0.00434. The summed E-state index contributed by atoms with van der Waals surface area (Å²) in [6.07, 6.45) is 2.07. The van der Waals surface area contributed by atoms with Crippen molar-refractivity contribution in [3.8, 4) is 28.2 Å². The van der Waals surface area contributed by atoms with Crippen molar-refractivity contribution >= 4 is 0 Å². The molecule has 5 rings (SSSR count). The van der Waals surface area contributed by atoms with Crippen LogP contribution in [0.3, 0.4) is 0 Å². The third kappa shape index (κ3) is 2.88. The molecule has 3 heteroatoms. The van der Waals surface area contributed by atoms with Crippen molar-refractivity contribution < 1.29 is 4.57 Å². The van der Waals surface area contributed by atoms with E-state index in [1.165, 1.54) is 39.3 Å². The Bertz CT molecular complexity index is 1330. The summed E-state index contributed by atoms with van der Waals surface area (Å²) in [4.78, 5) is 0. The Morgan fingerprint density at radius 1 is 0.788 bits per heavy atom. The zero-order valence-corrected chi connectivity index (χ0v) is 20.7. The quantitative estimate of drug-likeness (QED) is 0.318. The van der Waals surface area contributed by atoms with Crippen molar-refractivity contribution in [1.29, 1.82) is 0 Å². The Hall–Kier alpha value is -3.20. The van der Waals surface area contributed by atoms with Gasteiger partial charge in [0.25, 0.3) is 11.6 Å². The number of benzene rings is 3. The van der Waals surface area contributed by atoms with Crippen molar-refractivity contribution in [3.05, 3.63) is 89.7 Å². The van der Waals surface area contributed by atoms with E-state index in [2.05, 4.69) is 124 Å². The van der Waals surface area contributed by atoms with Crippen molar-refractivity contribution in [1.82, 2.24) is 9.78 Å². The molecule has 0 spiro atoms. The minimum Gasteiger partial charge on any atom is -0.193 e. The average Bonchev–Trinajstić information content (AvgIpc) is 3.20. The second-order valence-electron chi connectivity index (χ2n) is 9.81. The molecule has 0 N–H and O–H groups in total. The Balaban J connectivity index is 1.91. The van der Waals surface area contributed by atoms with Gasteiger partial charge in [-0.2, -0.15) is 4.57 Å². The number of aromatic nitrogens is 3. The number of aryl methyl sites for hydroxylation is 2.